The Bertz CT molecular complexity index is 2470. The predicted molar refractivity (Wildman–Crippen MR) is 179 cm³/mol. The molecular weight excluding hydrogens is 706 g/mol. The first-order chi connectivity index (χ1) is 24.4. The zero-order valence-electron chi connectivity index (χ0n) is 25.7. The van der Waals surface area contributed by atoms with E-state index in [1.165, 1.54) is 12.1 Å². The number of aromatic nitrogens is 9. The molecule has 8 aromatic rings. The highest BCUT2D eigenvalue weighted by atomic mass is 79.9. The molecule has 0 unspecified atom stereocenters. The number of benzene rings is 2. The number of rotatable bonds is 4. The molecule has 0 spiro atoms. The van der Waals surface area contributed by atoms with Crippen LogP contribution in [-0.4, -0.2) is 43.1 Å². The van der Waals surface area contributed by atoms with Gasteiger partial charge in [-0.25, -0.2) is 38.7 Å². The average Bonchev–Trinajstić information content (AvgIpc) is 3.92. The highest BCUT2D eigenvalue weighted by Crippen LogP contribution is 2.17. The summed E-state index contributed by atoms with van der Waals surface area (Å²) in [5.41, 5.74) is 5.20. The van der Waals surface area contributed by atoms with E-state index in [4.69, 9.17) is 15.8 Å². The second-order valence-corrected chi connectivity index (χ2v) is 11.2. The molecule has 6 aromatic heterocycles. The normalized spacial score (nSPS) is 10.4. The fourth-order valence-corrected chi connectivity index (χ4v) is 5.43. The van der Waals surface area contributed by atoms with Crippen molar-refractivity contribution in [1.29, 1.82) is 15.8 Å². The molecule has 0 atom stereocenters. The second kappa shape index (κ2) is 14.9. The summed E-state index contributed by atoms with van der Waals surface area (Å²) in [6.07, 6.45) is 15.6. The standard InChI is InChI=1S/2C14H9FN4.C7H3BrN4/c2*15-12-4-2-1-3-10(12)7-13-14-17-5-6-19(14)9-11(8-16)18-13;8-6-7-10-1-2-12(7)4-5(3-9)11-6/h2*1-6,9H,7H2;1-2,4H. The Morgan fingerprint density at radius 3 is 1.36 bits per heavy atom. The van der Waals surface area contributed by atoms with E-state index in [9.17, 15) is 8.78 Å². The van der Waals surface area contributed by atoms with E-state index >= 15 is 0 Å². The molecule has 0 saturated heterocycles. The monoisotopic (exact) mass is 726 g/mol. The zero-order chi connectivity index (χ0) is 35.0. The topological polar surface area (TPSA) is 162 Å². The van der Waals surface area contributed by atoms with E-state index in [-0.39, 0.29) is 23.0 Å². The van der Waals surface area contributed by atoms with Crippen LogP contribution < -0.4 is 0 Å². The van der Waals surface area contributed by atoms with Gasteiger partial charge in [0.15, 0.2) is 38.6 Å². The first-order valence-corrected chi connectivity index (χ1v) is 15.5. The van der Waals surface area contributed by atoms with E-state index in [1.807, 2.05) is 18.2 Å². The van der Waals surface area contributed by atoms with E-state index < -0.39 is 0 Å². The van der Waals surface area contributed by atoms with Gasteiger partial charge in [0.05, 0.1) is 11.4 Å². The molecule has 0 bridgehead atoms. The molecule has 6 heterocycles. The van der Waals surface area contributed by atoms with E-state index in [0.29, 0.717) is 62.6 Å². The Balaban J connectivity index is 0.000000133. The first kappa shape index (κ1) is 33.0. The quantitative estimate of drug-likeness (QED) is 0.211. The van der Waals surface area contributed by atoms with Crippen molar-refractivity contribution in [1.82, 2.24) is 43.1 Å². The van der Waals surface area contributed by atoms with Crippen molar-refractivity contribution in [3.8, 4) is 18.2 Å². The van der Waals surface area contributed by atoms with E-state index in [2.05, 4.69) is 45.8 Å². The summed E-state index contributed by atoms with van der Waals surface area (Å²) in [4.78, 5) is 24.8. The number of hydrogen-bond acceptors (Lipinski definition) is 9. The minimum absolute atomic E-state index is 0.281. The van der Waals surface area contributed by atoms with Crippen LogP contribution in [0.2, 0.25) is 0 Å². The van der Waals surface area contributed by atoms with Gasteiger partial charge in [0, 0.05) is 68.6 Å². The van der Waals surface area contributed by atoms with E-state index in [1.54, 1.807) is 105 Å². The van der Waals surface area contributed by atoms with Crippen LogP contribution in [0.5, 0.6) is 0 Å². The van der Waals surface area contributed by atoms with Crippen LogP contribution in [0.25, 0.3) is 16.9 Å². The van der Waals surface area contributed by atoms with Crippen molar-refractivity contribution in [3.63, 3.8) is 0 Å². The number of nitrogens with zero attached hydrogens (tertiary/aromatic N) is 12. The lowest BCUT2D eigenvalue weighted by Crippen LogP contribution is -2.02. The zero-order valence-corrected chi connectivity index (χ0v) is 27.3. The van der Waals surface area contributed by atoms with Crippen LogP contribution >= 0.6 is 15.9 Å². The third kappa shape index (κ3) is 7.31. The number of fused-ring (bicyclic) bond motifs is 3. The fourth-order valence-electron chi connectivity index (χ4n) is 4.93. The Hall–Kier alpha value is -6.89. The van der Waals surface area contributed by atoms with Crippen molar-refractivity contribution < 1.29 is 8.78 Å². The molecule has 0 amide bonds. The Morgan fingerprint density at radius 1 is 0.560 bits per heavy atom. The van der Waals surface area contributed by atoms with Gasteiger partial charge in [-0.1, -0.05) is 36.4 Å². The van der Waals surface area contributed by atoms with Crippen LogP contribution in [0.15, 0.2) is 109 Å². The predicted octanol–water partition coefficient (Wildman–Crippen LogP) is 6.03. The minimum atomic E-state index is -0.281. The van der Waals surface area contributed by atoms with Crippen LogP contribution in [0.1, 0.15) is 39.6 Å². The highest BCUT2D eigenvalue weighted by molar-refractivity contribution is 9.10. The van der Waals surface area contributed by atoms with Gasteiger partial charge in [-0.15, -0.1) is 0 Å². The molecular formula is C35H21BrF2N12. The molecule has 0 saturated carbocycles. The van der Waals surface area contributed by atoms with Crippen molar-refractivity contribution in [2.24, 2.45) is 0 Å². The van der Waals surface area contributed by atoms with Crippen molar-refractivity contribution in [3.05, 3.63) is 160 Å². The molecule has 8 rings (SSSR count). The third-order valence-corrected chi connectivity index (χ3v) is 7.73. The maximum absolute atomic E-state index is 13.7. The van der Waals surface area contributed by atoms with Crippen LogP contribution in [-0.2, 0) is 12.8 Å². The van der Waals surface area contributed by atoms with Gasteiger partial charge in [-0.2, -0.15) is 15.8 Å². The van der Waals surface area contributed by atoms with E-state index in [0.717, 1.165) is 0 Å². The molecule has 0 N–H and O–H groups in total. The summed E-state index contributed by atoms with van der Waals surface area (Å²) >= 11 is 3.22. The average molecular weight is 728 g/mol. The van der Waals surface area contributed by atoms with Gasteiger partial charge in [0.1, 0.15) is 29.8 Å². The Labute approximate surface area is 291 Å². The SMILES string of the molecule is N#Cc1cn2ccnc2c(Br)n1.N#Cc1cn2ccnc2c(Cc2ccccc2F)n1.N#Cc1cn2ccnc2c(Cc2ccccc2F)n1. The lowest BCUT2D eigenvalue weighted by Gasteiger charge is -2.05. The number of nitriles is 3. The smallest absolute Gasteiger partial charge is 0.170 e. The van der Waals surface area contributed by atoms with Gasteiger partial charge in [-0.05, 0) is 39.2 Å². The van der Waals surface area contributed by atoms with Crippen molar-refractivity contribution >= 4 is 32.9 Å². The van der Waals surface area contributed by atoms with Crippen LogP contribution in [0.3, 0.4) is 0 Å². The van der Waals surface area contributed by atoms with Crippen LogP contribution in [0, 0.1) is 45.6 Å². The minimum Gasteiger partial charge on any atom is -0.303 e. The Morgan fingerprint density at radius 2 is 0.940 bits per heavy atom. The van der Waals surface area contributed by atoms with Gasteiger partial charge >= 0.3 is 0 Å². The summed E-state index contributed by atoms with van der Waals surface area (Å²) in [6, 6.07) is 19.0. The van der Waals surface area contributed by atoms with Gasteiger partial charge in [-0.3, -0.25) is 0 Å². The summed E-state index contributed by atoms with van der Waals surface area (Å²) < 4.78 is 33.1. The molecule has 0 radical (unpaired) electrons. The van der Waals surface area contributed by atoms with Gasteiger partial charge in [0.2, 0.25) is 0 Å². The first-order valence-electron chi connectivity index (χ1n) is 14.7. The fraction of sp³-hybridized carbons (Fsp3) is 0.0571. The lowest BCUT2D eigenvalue weighted by molar-refractivity contribution is 0.613. The number of hydrogen-bond donors (Lipinski definition) is 0. The highest BCUT2D eigenvalue weighted by Gasteiger charge is 2.12. The van der Waals surface area contributed by atoms with Crippen molar-refractivity contribution in [2.75, 3.05) is 0 Å². The molecule has 2 aromatic carbocycles. The summed E-state index contributed by atoms with van der Waals surface area (Å²) in [7, 11) is 0. The summed E-state index contributed by atoms with van der Waals surface area (Å²) in [5.74, 6) is -0.562. The molecule has 0 fully saturated rings. The molecule has 50 heavy (non-hydrogen) atoms. The summed E-state index contributed by atoms with van der Waals surface area (Å²) in [6.45, 7) is 0. The largest absolute Gasteiger partial charge is 0.303 e. The molecule has 15 heteroatoms. The molecule has 0 aliphatic heterocycles. The third-order valence-electron chi connectivity index (χ3n) is 7.20. The number of halogens is 3. The molecule has 0 aliphatic carbocycles. The molecule has 12 nitrogen and oxygen atoms in total. The second-order valence-electron chi connectivity index (χ2n) is 10.4. The number of imidazole rings is 3. The maximum Gasteiger partial charge on any atom is 0.170 e. The maximum atomic E-state index is 13.7. The Kier molecular flexibility index (Phi) is 9.84. The molecule has 0 aliphatic rings. The van der Waals surface area contributed by atoms with Crippen LogP contribution in [0.4, 0.5) is 8.78 Å². The van der Waals surface area contributed by atoms with Gasteiger partial charge < -0.3 is 13.2 Å². The van der Waals surface area contributed by atoms with Crippen molar-refractivity contribution in [2.45, 2.75) is 12.8 Å². The summed E-state index contributed by atoms with van der Waals surface area (Å²) in [5, 5.41) is 26.5. The molecule has 242 valence electrons. The lowest BCUT2D eigenvalue weighted by atomic mass is 10.1. The van der Waals surface area contributed by atoms with Gasteiger partial charge in [0.25, 0.3) is 0 Å².